The third-order valence-corrected chi connectivity index (χ3v) is 6.98. The van der Waals surface area contributed by atoms with Crippen molar-refractivity contribution in [1.82, 2.24) is 25.2 Å². The van der Waals surface area contributed by atoms with Gasteiger partial charge in [0.1, 0.15) is 0 Å². The summed E-state index contributed by atoms with van der Waals surface area (Å²) in [7, 11) is 0. The van der Waals surface area contributed by atoms with E-state index in [0.717, 1.165) is 58.1 Å². The Morgan fingerprint density at radius 2 is 1.92 bits per heavy atom. The first-order chi connectivity index (χ1) is 17.7. The topological polar surface area (TPSA) is 109 Å². The number of nitrogens with one attached hydrogen (secondary N) is 2. The number of fused-ring (bicyclic) bond motifs is 2. The monoisotopic (exact) mass is 478 g/mol. The van der Waals surface area contributed by atoms with Crippen LogP contribution >= 0.6 is 0 Å². The van der Waals surface area contributed by atoms with Gasteiger partial charge < -0.3 is 15.0 Å². The van der Waals surface area contributed by atoms with Crippen LogP contribution in [-0.2, 0) is 24.4 Å². The molecule has 2 heterocycles. The van der Waals surface area contributed by atoms with E-state index in [1.54, 1.807) is 0 Å². The van der Waals surface area contributed by atoms with Crippen LogP contribution in [0.15, 0.2) is 72.9 Å². The van der Waals surface area contributed by atoms with Crippen molar-refractivity contribution in [3.05, 3.63) is 95.2 Å². The van der Waals surface area contributed by atoms with Crippen molar-refractivity contribution in [3.8, 4) is 11.4 Å². The summed E-state index contributed by atoms with van der Waals surface area (Å²) in [6.07, 6.45) is 4.78. The van der Waals surface area contributed by atoms with E-state index in [4.69, 9.17) is 0 Å². The van der Waals surface area contributed by atoms with E-state index in [1.807, 2.05) is 54.6 Å². The normalized spacial score (nSPS) is 15.1. The minimum absolute atomic E-state index is 0.0142. The smallest absolute Gasteiger partial charge is 0.231 e. The molecule has 6 rings (SSSR count). The second-order valence-corrected chi connectivity index (χ2v) is 9.27. The number of anilines is 1. The van der Waals surface area contributed by atoms with Crippen LogP contribution in [0.1, 0.15) is 41.0 Å². The molecule has 0 saturated carbocycles. The number of aryl methyl sites for hydroxylation is 1. The molecule has 5 aromatic rings. The van der Waals surface area contributed by atoms with Gasteiger partial charge in [0.2, 0.25) is 11.7 Å². The SMILES string of the molecule is O=C(Nc1ccc2ccn(Cc3ccc(CO)cc3)c2c1)C1CCCc2cc(-c3nn[nH]n3)ccc21. The van der Waals surface area contributed by atoms with Crippen molar-refractivity contribution >= 4 is 22.5 Å². The zero-order chi connectivity index (χ0) is 24.5. The molecule has 8 heteroatoms. The Kier molecular flexibility index (Phi) is 5.79. The highest BCUT2D eigenvalue weighted by molar-refractivity contribution is 5.98. The summed E-state index contributed by atoms with van der Waals surface area (Å²) in [5, 5.41) is 27.8. The number of aliphatic hydroxyl groups excluding tert-OH is 1. The summed E-state index contributed by atoms with van der Waals surface area (Å²) in [5.74, 6) is 0.380. The maximum Gasteiger partial charge on any atom is 0.231 e. The largest absolute Gasteiger partial charge is 0.392 e. The molecule has 8 nitrogen and oxygen atoms in total. The van der Waals surface area contributed by atoms with Gasteiger partial charge in [-0.1, -0.05) is 42.5 Å². The first-order valence-corrected chi connectivity index (χ1v) is 12.1. The number of nitrogens with zero attached hydrogens (tertiary/aromatic N) is 4. The van der Waals surface area contributed by atoms with Gasteiger partial charge in [0.15, 0.2) is 0 Å². The second-order valence-electron chi connectivity index (χ2n) is 9.27. The van der Waals surface area contributed by atoms with Crippen LogP contribution in [0.3, 0.4) is 0 Å². The van der Waals surface area contributed by atoms with Crippen LogP contribution in [0.25, 0.3) is 22.3 Å². The van der Waals surface area contributed by atoms with Gasteiger partial charge in [-0.15, -0.1) is 10.2 Å². The summed E-state index contributed by atoms with van der Waals surface area (Å²) in [5.41, 5.74) is 7.05. The number of H-pyrrole nitrogens is 1. The molecule has 3 N–H and O–H groups in total. The van der Waals surface area contributed by atoms with Gasteiger partial charge in [-0.2, -0.15) is 5.21 Å². The average molecular weight is 479 g/mol. The summed E-state index contributed by atoms with van der Waals surface area (Å²) in [6, 6.07) is 22.2. The molecule has 180 valence electrons. The number of hydrogen-bond acceptors (Lipinski definition) is 5. The van der Waals surface area contributed by atoms with Crippen LogP contribution < -0.4 is 5.32 Å². The number of aromatic nitrogens is 5. The third kappa shape index (κ3) is 4.27. The van der Waals surface area contributed by atoms with E-state index in [2.05, 4.69) is 48.8 Å². The fourth-order valence-corrected chi connectivity index (χ4v) is 5.09. The lowest BCUT2D eigenvalue weighted by atomic mass is 9.81. The molecule has 0 aliphatic heterocycles. The van der Waals surface area contributed by atoms with Crippen molar-refractivity contribution in [2.45, 2.75) is 38.3 Å². The van der Waals surface area contributed by atoms with Crippen LogP contribution in [0.4, 0.5) is 5.69 Å². The van der Waals surface area contributed by atoms with Gasteiger partial charge in [-0.3, -0.25) is 4.79 Å². The maximum atomic E-state index is 13.4. The first-order valence-electron chi connectivity index (χ1n) is 12.1. The zero-order valence-electron chi connectivity index (χ0n) is 19.7. The Balaban J connectivity index is 1.22. The molecular weight excluding hydrogens is 452 g/mol. The van der Waals surface area contributed by atoms with E-state index in [9.17, 15) is 9.90 Å². The Labute approximate surface area is 208 Å². The molecule has 1 aliphatic carbocycles. The lowest BCUT2D eigenvalue weighted by molar-refractivity contribution is -0.117. The van der Waals surface area contributed by atoms with Gasteiger partial charge >= 0.3 is 0 Å². The van der Waals surface area contributed by atoms with Gasteiger partial charge in [-0.05, 0) is 76.4 Å². The fraction of sp³-hybridized carbons (Fsp3) is 0.214. The molecule has 0 spiro atoms. The summed E-state index contributed by atoms with van der Waals surface area (Å²) in [6.45, 7) is 0.756. The lowest BCUT2D eigenvalue weighted by Crippen LogP contribution is -2.24. The minimum Gasteiger partial charge on any atom is -0.392 e. The fourth-order valence-electron chi connectivity index (χ4n) is 5.09. The van der Waals surface area contributed by atoms with E-state index in [-0.39, 0.29) is 18.4 Å². The standard InChI is InChI=1S/C28H26N6O2/c35-17-19-6-4-18(5-7-19)16-34-13-12-20-8-10-23(15-26(20)34)29-28(36)25-3-1-2-21-14-22(9-11-24(21)25)27-30-32-33-31-27/h4-15,25,35H,1-3,16-17H2,(H,29,36)(H,30,31,32,33). The number of amides is 1. The number of benzene rings is 3. The molecule has 2 aromatic heterocycles. The van der Waals surface area contributed by atoms with Crippen LogP contribution in [0.5, 0.6) is 0 Å². The quantitative estimate of drug-likeness (QED) is 0.335. The highest BCUT2D eigenvalue weighted by Crippen LogP contribution is 2.35. The number of hydrogen-bond donors (Lipinski definition) is 3. The molecule has 1 aliphatic rings. The molecule has 1 atom stereocenters. The molecular formula is C28H26N6O2. The predicted molar refractivity (Wildman–Crippen MR) is 137 cm³/mol. The lowest BCUT2D eigenvalue weighted by Gasteiger charge is -2.25. The van der Waals surface area contributed by atoms with Crippen molar-refractivity contribution in [2.24, 2.45) is 0 Å². The molecule has 0 fully saturated rings. The molecule has 0 radical (unpaired) electrons. The molecule has 1 unspecified atom stereocenters. The van der Waals surface area contributed by atoms with Crippen molar-refractivity contribution < 1.29 is 9.90 Å². The average Bonchev–Trinajstić information content (AvgIpc) is 3.59. The molecule has 3 aromatic carbocycles. The van der Waals surface area contributed by atoms with E-state index in [0.29, 0.717) is 12.4 Å². The maximum absolute atomic E-state index is 13.4. The zero-order valence-corrected chi connectivity index (χ0v) is 19.7. The van der Waals surface area contributed by atoms with Crippen molar-refractivity contribution in [1.29, 1.82) is 0 Å². The molecule has 36 heavy (non-hydrogen) atoms. The third-order valence-electron chi connectivity index (χ3n) is 6.98. The number of aromatic amines is 1. The van der Waals surface area contributed by atoms with Crippen molar-refractivity contribution in [3.63, 3.8) is 0 Å². The number of aliphatic hydroxyl groups is 1. The molecule has 1 amide bonds. The van der Waals surface area contributed by atoms with Gasteiger partial charge in [-0.25, -0.2) is 0 Å². The summed E-state index contributed by atoms with van der Waals surface area (Å²) >= 11 is 0. The summed E-state index contributed by atoms with van der Waals surface area (Å²) in [4.78, 5) is 13.4. The number of carbonyl (C=O) groups excluding carboxylic acids is 1. The van der Waals surface area contributed by atoms with Crippen LogP contribution in [0.2, 0.25) is 0 Å². The van der Waals surface area contributed by atoms with Gasteiger partial charge in [0.25, 0.3) is 0 Å². The number of tetrazole rings is 1. The number of rotatable bonds is 6. The summed E-state index contributed by atoms with van der Waals surface area (Å²) < 4.78 is 2.17. The van der Waals surface area contributed by atoms with E-state index < -0.39 is 0 Å². The second kappa shape index (κ2) is 9.39. The van der Waals surface area contributed by atoms with Gasteiger partial charge in [0, 0.05) is 24.0 Å². The number of carbonyl (C=O) groups is 1. The molecule has 0 bridgehead atoms. The highest BCUT2D eigenvalue weighted by Gasteiger charge is 2.27. The Morgan fingerprint density at radius 3 is 2.72 bits per heavy atom. The van der Waals surface area contributed by atoms with Crippen molar-refractivity contribution in [2.75, 3.05) is 5.32 Å². The van der Waals surface area contributed by atoms with Crippen LogP contribution in [-0.4, -0.2) is 36.2 Å². The Hall–Kier alpha value is -4.30. The Morgan fingerprint density at radius 1 is 1.06 bits per heavy atom. The van der Waals surface area contributed by atoms with Crippen LogP contribution in [0, 0.1) is 0 Å². The molecule has 0 saturated heterocycles. The predicted octanol–water partition coefficient (Wildman–Crippen LogP) is 4.42. The minimum atomic E-state index is -0.194. The van der Waals surface area contributed by atoms with E-state index in [1.165, 1.54) is 5.56 Å². The Bertz CT molecular complexity index is 1520. The van der Waals surface area contributed by atoms with Gasteiger partial charge in [0.05, 0.1) is 18.0 Å². The van der Waals surface area contributed by atoms with E-state index >= 15 is 0 Å². The highest BCUT2D eigenvalue weighted by atomic mass is 16.3. The first kappa shape index (κ1) is 22.2.